The minimum absolute atomic E-state index is 0. The molecule has 6 aromatic rings. The molecule has 44 heavy (non-hydrogen) atoms. The van der Waals surface area contributed by atoms with Gasteiger partial charge in [0.15, 0.2) is 0 Å². The summed E-state index contributed by atoms with van der Waals surface area (Å²) in [6.45, 7) is 12.1. The van der Waals surface area contributed by atoms with Crippen molar-refractivity contribution in [2.75, 3.05) is 0 Å². The molecule has 6 nitrogen and oxygen atoms in total. The molecule has 216 valence electrons. The van der Waals surface area contributed by atoms with E-state index in [4.69, 9.17) is 76.4 Å². The maximum atomic E-state index is 7.07. The number of halogens is 5. The van der Waals surface area contributed by atoms with Crippen molar-refractivity contribution in [2.45, 2.75) is 12.4 Å². The number of alkyl halides is 1. The fourth-order valence-electron chi connectivity index (χ4n) is 4.81. The van der Waals surface area contributed by atoms with Gasteiger partial charge in [0.05, 0.1) is 11.6 Å². The molecule has 0 amide bonds. The summed E-state index contributed by atoms with van der Waals surface area (Å²) in [7, 11) is 3.75. The molecule has 4 aromatic carbocycles. The van der Waals surface area contributed by atoms with Gasteiger partial charge in [0.25, 0.3) is 6.54 Å². The van der Waals surface area contributed by atoms with Crippen LogP contribution >= 0.6 is 58.0 Å². The first kappa shape index (κ1) is 35.7. The zero-order chi connectivity index (χ0) is 31.3. The first-order valence-corrected chi connectivity index (χ1v) is 14.7. The SMILES string of the molecule is Cn1nc2c(-c3ccc(Cl)cc3Cl)cccc2c1CCl.[C-]#N.[C-]#[N+]Cc1c2cccc(-c3ccc(Cl)cc3Cl)c2nn1C.[Na+]. The van der Waals surface area contributed by atoms with Gasteiger partial charge < -0.3 is 16.7 Å². The molecule has 0 atom stereocenters. The second-order valence-electron chi connectivity index (χ2n) is 9.24. The maximum Gasteiger partial charge on any atom is 1.00 e. The van der Waals surface area contributed by atoms with Crippen LogP contribution in [0.5, 0.6) is 0 Å². The van der Waals surface area contributed by atoms with Gasteiger partial charge in [-0.1, -0.05) is 94.9 Å². The molecule has 0 saturated carbocycles. The second kappa shape index (κ2) is 16.0. The Balaban J connectivity index is 0.000000223. The number of benzene rings is 4. The summed E-state index contributed by atoms with van der Waals surface area (Å²) in [5.41, 5.74) is 7.38. The van der Waals surface area contributed by atoms with Gasteiger partial charge in [0.2, 0.25) is 0 Å². The summed E-state index contributed by atoms with van der Waals surface area (Å²) in [4.78, 5) is 3.47. The molecule has 0 fully saturated rings. The van der Waals surface area contributed by atoms with Crippen LogP contribution in [0.2, 0.25) is 20.1 Å². The van der Waals surface area contributed by atoms with E-state index in [0.29, 0.717) is 32.5 Å². The van der Waals surface area contributed by atoms with Crippen molar-refractivity contribution in [3.05, 3.63) is 122 Å². The summed E-state index contributed by atoms with van der Waals surface area (Å²) in [6, 6.07) is 22.8. The van der Waals surface area contributed by atoms with Crippen LogP contribution in [0.4, 0.5) is 0 Å². The van der Waals surface area contributed by atoms with E-state index in [1.807, 2.05) is 79.4 Å². The fraction of sp³-hybridized carbons (Fsp3) is 0.125. The van der Waals surface area contributed by atoms with Crippen molar-refractivity contribution in [3.8, 4) is 22.3 Å². The third-order valence-corrected chi connectivity index (χ3v) is 8.12. The zero-order valence-corrected chi connectivity index (χ0v) is 29.7. The van der Waals surface area contributed by atoms with E-state index in [1.54, 1.807) is 16.8 Å². The van der Waals surface area contributed by atoms with Crippen molar-refractivity contribution in [2.24, 2.45) is 14.1 Å². The van der Waals surface area contributed by atoms with Crippen LogP contribution in [-0.2, 0) is 26.5 Å². The Bertz CT molecular complexity index is 2010. The van der Waals surface area contributed by atoms with Gasteiger partial charge in [-0.15, -0.1) is 11.6 Å². The topological polar surface area (TPSA) is 63.8 Å². The summed E-state index contributed by atoms with van der Waals surface area (Å²) in [5.74, 6) is 0.421. The van der Waals surface area contributed by atoms with E-state index in [0.717, 1.165) is 55.4 Å². The quantitative estimate of drug-likeness (QED) is 0.110. The standard InChI is InChI=1S/C16H11Cl2N3.C15H11Cl3N2.CN.Na/c1-19-9-15-13-5-3-4-12(16(13)20-21(15)2)11-7-6-10(17)8-14(11)18;1-20-14(8-16)12-4-2-3-11(15(12)19-20)10-6-5-9(17)7-13(10)18;1-2;/h3-8H,9H2,2H3;2-7H,8H2,1H3;;/q;;-1;+1. The van der Waals surface area contributed by atoms with Crippen molar-refractivity contribution in [3.63, 3.8) is 0 Å². The Labute approximate surface area is 302 Å². The van der Waals surface area contributed by atoms with Crippen molar-refractivity contribution in [1.29, 1.82) is 5.26 Å². The van der Waals surface area contributed by atoms with Gasteiger partial charge in [-0.3, -0.25) is 9.36 Å². The molecular formula is C32H22Cl5N6Na. The van der Waals surface area contributed by atoms with Crippen molar-refractivity contribution >= 4 is 79.8 Å². The monoisotopic (exact) mass is 688 g/mol. The number of hydrogen-bond acceptors (Lipinski definition) is 3. The van der Waals surface area contributed by atoms with Gasteiger partial charge in [0.1, 0.15) is 16.7 Å². The molecule has 0 N–H and O–H groups in total. The molecule has 0 saturated heterocycles. The first-order chi connectivity index (χ1) is 20.7. The zero-order valence-electron chi connectivity index (χ0n) is 23.9. The molecule has 0 spiro atoms. The van der Waals surface area contributed by atoms with Crippen LogP contribution in [0.25, 0.3) is 48.9 Å². The van der Waals surface area contributed by atoms with Crippen LogP contribution < -0.4 is 29.6 Å². The third-order valence-electron chi connectivity index (χ3n) is 6.77. The van der Waals surface area contributed by atoms with Crippen LogP contribution in [0.1, 0.15) is 11.4 Å². The molecule has 2 heterocycles. The first-order valence-electron chi connectivity index (χ1n) is 12.6. The second-order valence-corrected chi connectivity index (χ2v) is 11.2. The Morgan fingerprint density at radius 1 is 0.682 bits per heavy atom. The maximum absolute atomic E-state index is 7.07. The normalized spacial score (nSPS) is 10.3. The van der Waals surface area contributed by atoms with Gasteiger partial charge in [-0.2, -0.15) is 10.2 Å². The van der Waals surface area contributed by atoms with E-state index in [2.05, 4.69) is 15.0 Å². The Morgan fingerprint density at radius 2 is 1.11 bits per heavy atom. The molecule has 0 aliphatic rings. The fourth-order valence-corrected chi connectivity index (χ4v) is 6.15. The Kier molecular flexibility index (Phi) is 13.0. The average Bonchev–Trinajstić information content (AvgIpc) is 3.50. The predicted octanol–water partition coefficient (Wildman–Crippen LogP) is 7.35. The number of aromatic nitrogens is 4. The number of rotatable bonds is 4. The molecule has 0 aliphatic heterocycles. The van der Waals surface area contributed by atoms with Gasteiger partial charge in [-0.25, -0.2) is 6.57 Å². The van der Waals surface area contributed by atoms with Crippen LogP contribution in [0.3, 0.4) is 0 Å². The van der Waals surface area contributed by atoms with E-state index in [1.165, 1.54) is 0 Å². The summed E-state index contributed by atoms with van der Waals surface area (Å²) in [6.07, 6.45) is 0. The molecule has 0 bridgehead atoms. The molecule has 12 heteroatoms. The van der Waals surface area contributed by atoms with Gasteiger partial charge in [-0.05, 0) is 24.3 Å². The van der Waals surface area contributed by atoms with Crippen molar-refractivity contribution in [1.82, 2.24) is 19.6 Å². The molecule has 2 aromatic heterocycles. The average molecular weight is 691 g/mol. The number of aryl methyl sites for hydroxylation is 2. The smallest absolute Gasteiger partial charge is 0.512 e. The number of hydrogen-bond donors (Lipinski definition) is 0. The van der Waals surface area contributed by atoms with Crippen molar-refractivity contribution < 1.29 is 29.6 Å². The Morgan fingerprint density at radius 3 is 1.52 bits per heavy atom. The largest absolute Gasteiger partial charge is 1.00 e. The van der Waals surface area contributed by atoms with Gasteiger partial charge in [0, 0.05) is 67.2 Å². The van der Waals surface area contributed by atoms with Gasteiger partial charge >= 0.3 is 29.6 Å². The molecular weight excluding hydrogens is 669 g/mol. The summed E-state index contributed by atoms with van der Waals surface area (Å²) in [5, 5.41) is 19.8. The van der Waals surface area contributed by atoms with Crippen LogP contribution in [0.15, 0.2) is 72.8 Å². The number of fused-ring (bicyclic) bond motifs is 2. The Hall–Kier alpha value is -2.75. The molecule has 0 radical (unpaired) electrons. The van der Waals surface area contributed by atoms with Crippen LogP contribution in [-0.4, -0.2) is 19.6 Å². The summed E-state index contributed by atoms with van der Waals surface area (Å²) >= 11 is 30.5. The number of nitrogens with zero attached hydrogens (tertiary/aromatic N) is 6. The van der Waals surface area contributed by atoms with E-state index < -0.39 is 0 Å². The van der Waals surface area contributed by atoms with E-state index in [-0.39, 0.29) is 29.6 Å². The minimum atomic E-state index is 0. The molecule has 0 unspecified atom stereocenters. The third kappa shape index (κ3) is 7.37. The predicted molar refractivity (Wildman–Crippen MR) is 177 cm³/mol. The van der Waals surface area contributed by atoms with E-state index in [9.17, 15) is 0 Å². The molecule has 6 rings (SSSR count). The summed E-state index contributed by atoms with van der Waals surface area (Å²) < 4.78 is 3.57. The minimum Gasteiger partial charge on any atom is -0.512 e. The molecule has 0 aliphatic carbocycles. The van der Waals surface area contributed by atoms with Crippen LogP contribution in [0, 0.1) is 18.4 Å². The van der Waals surface area contributed by atoms with E-state index >= 15 is 0 Å².